The van der Waals surface area contributed by atoms with Gasteiger partial charge in [0.05, 0.1) is 12.0 Å². The Morgan fingerprint density at radius 2 is 1.96 bits per heavy atom. The molecule has 7 nitrogen and oxygen atoms in total. The minimum absolute atomic E-state index is 0.0161. The fourth-order valence-electron chi connectivity index (χ4n) is 2.91. The van der Waals surface area contributed by atoms with Crippen LogP contribution in [0.15, 0.2) is 44.9 Å². The lowest BCUT2D eigenvalue weighted by atomic mass is 9.86. The number of fused-ring (bicyclic) bond motifs is 1. The largest absolute Gasteiger partial charge is 0.459 e. The van der Waals surface area contributed by atoms with Crippen LogP contribution in [0.4, 0.5) is 0 Å². The predicted molar refractivity (Wildman–Crippen MR) is 102 cm³/mol. The quantitative estimate of drug-likeness (QED) is 0.723. The van der Waals surface area contributed by atoms with Gasteiger partial charge in [0.2, 0.25) is 17.1 Å². The van der Waals surface area contributed by atoms with Gasteiger partial charge in [-0.15, -0.1) is 0 Å². The van der Waals surface area contributed by atoms with Crippen LogP contribution in [0.3, 0.4) is 0 Å². The third kappa shape index (κ3) is 3.61. The summed E-state index contributed by atoms with van der Waals surface area (Å²) in [7, 11) is 0. The lowest BCUT2D eigenvalue weighted by Gasteiger charge is -2.28. The van der Waals surface area contributed by atoms with Crippen molar-refractivity contribution >= 4 is 29.2 Å². The van der Waals surface area contributed by atoms with Crippen LogP contribution in [0.25, 0.3) is 0 Å². The van der Waals surface area contributed by atoms with Crippen molar-refractivity contribution in [1.29, 1.82) is 0 Å². The maximum atomic E-state index is 12.8. The molecule has 0 unspecified atom stereocenters. The van der Waals surface area contributed by atoms with Crippen LogP contribution < -0.4 is 15.9 Å². The molecule has 0 spiro atoms. The number of rotatable bonds is 4. The number of carbonyl (C=O) groups excluding carboxylic acids is 1. The zero-order chi connectivity index (χ0) is 20.6. The van der Waals surface area contributed by atoms with Crippen molar-refractivity contribution < 1.29 is 23.8 Å². The Morgan fingerprint density at radius 1 is 1.32 bits per heavy atom. The van der Waals surface area contributed by atoms with Gasteiger partial charge in [-0.25, -0.2) is 4.79 Å². The van der Waals surface area contributed by atoms with E-state index >= 15 is 0 Å². The third-order valence-electron chi connectivity index (χ3n) is 4.02. The maximum absolute atomic E-state index is 12.8. The minimum atomic E-state index is -1.06. The Bertz CT molecular complexity index is 1010. The second kappa shape index (κ2) is 7.87. The van der Waals surface area contributed by atoms with E-state index in [4.69, 9.17) is 42.8 Å². The first-order valence-corrected chi connectivity index (χ1v) is 9.10. The molecule has 0 bridgehead atoms. The number of nitrogens with two attached hydrogens (primary N) is 1. The van der Waals surface area contributed by atoms with Gasteiger partial charge in [0.25, 0.3) is 0 Å². The summed E-state index contributed by atoms with van der Waals surface area (Å²) in [4.78, 5) is 25.2. The summed E-state index contributed by atoms with van der Waals surface area (Å²) in [6, 6.07) is 5.86. The van der Waals surface area contributed by atoms with E-state index in [0.29, 0.717) is 5.56 Å². The van der Waals surface area contributed by atoms with Crippen molar-refractivity contribution in [3.63, 3.8) is 0 Å². The van der Waals surface area contributed by atoms with Gasteiger partial charge in [0.15, 0.2) is 5.76 Å². The summed E-state index contributed by atoms with van der Waals surface area (Å²) >= 11 is 12.7. The summed E-state index contributed by atoms with van der Waals surface area (Å²) in [5.41, 5.74) is 5.60. The van der Waals surface area contributed by atoms with Gasteiger partial charge in [0, 0.05) is 21.7 Å². The SMILES string of the molecule is CC(C)OC(=O)C1=C(N)Oc2c(oc(CO)cc2=O)[C@@H]1c1c(Cl)cccc1Cl. The van der Waals surface area contributed by atoms with Crippen LogP contribution in [-0.4, -0.2) is 17.2 Å². The molecule has 1 atom stereocenters. The van der Waals surface area contributed by atoms with Crippen LogP contribution in [-0.2, 0) is 16.1 Å². The number of aliphatic hydroxyl groups is 1. The number of ether oxygens (including phenoxy) is 2. The number of aliphatic hydroxyl groups excluding tert-OH is 1. The van der Waals surface area contributed by atoms with Crippen molar-refractivity contribution in [2.45, 2.75) is 32.5 Å². The molecule has 28 heavy (non-hydrogen) atoms. The van der Waals surface area contributed by atoms with Gasteiger partial charge in [-0.3, -0.25) is 4.79 Å². The summed E-state index contributed by atoms with van der Waals surface area (Å²) in [6.45, 7) is 2.82. The lowest BCUT2D eigenvalue weighted by molar-refractivity contribution is -0.143. The molecule has 1 aliphatic heterocycles. The van der Waals surface area contributed by atoms with E-state index in [-0.39, 0.29) is 38.8 Å². The third-order valence-corrected chi connectivity index (χ3v) is 4.68. The molecule has 2 aromatic rings. The highest BCUT2D eigenvalue weighted by molar-refractivity contribution is 6.36. The van der Waals surface area contributed by atoms with E-state index < -0.39 is 30.0 Å². The van der Waals surface area contributed by atoms with Crippen molar-refractivity contribution in [3.8, 4) is 5.75 Å². The van der Waals surface area contributed by atoms with Crippen LogP contribution in [0.1, 0.15) is 36.8 Å². The van der Waals surface area contributed by atoms with E-state index in [9.17, 15) is 14.7 Å². The first-order chi connectivity index (χ1) is 13.2. The highest BCUT2D eigenvalue weighted by Crippen LogP contribution is 2.46. The van der Waals surface area contributed by atoms with Gasteiger partial charge < -0.3 is 24.7 Å². The minimum Gasteiger partial charge on any atom is -0.459 e. The molecule has 0 saturated heterocycles. The zero-order valence-corrected chi connectivity index (χ0v) is 16.5. The van der Waals surface area contributed by atoms with E-state index in [1.54, 1.807) is 32.0 Å². The van der Waals surface area contributed by atoms with Crippen LogP contribution in [0.2, 0.25) is 10.0 Å². The average Bonchev–Trinajstić information content (AvgIpc) is 2.61. The second-order valence-electron chi connectivity index (χ2n) is 6.33. The van der Waals surface area contributed by atoms with E-state index in [1.165, 1.54) is 0 Å². The number of carbonyl (C=O) groups is 1. The van der Waals surface area contributed by atoms with E-state index in [0.717, 1.165) is 6.07 Å². The number of hydrogen-bond donors (Lipinski definition) is 2. The monoisotopic (exact) mass is 425 g/mol. The Kier molecular flexibility index (Phi) is 5.69. The predicted octanol–water partition coefficient (Wildman–Crippen LogP) is 3.09. The molecule has 9 heteroatoms. The number of halogens is 2. The van der Waals surface area contributed by atoms with Gasteiger partial charge in [-0.2, -0.15) is 0 Å². The molecule has 0 fully saturated rings. The van der Waals surface area contributed by atoms with Crippen molar-refractivity contribution in [2.75, 3.05) is 0 Å². The molecule has 1 aromatic heterocycles. The number of hydrogen-bond acceptors (Lipinski definition) is 7. The first-order valence-electron chi connectivity index (χ1n) is 8.34. The van der Waals surface area contributed by atoms with Gasteiger partial charge >= 0.3 is 5.97 Å². The summed E-state index contributed by atoms with van der Waals surface area (Å²) < 4.78 is 16.3. The summed E-state index contributed by atoms with van der Waals surface area (Å²) in [5.74, 6) is -2.42. The van der Waals surface area contributed by atoms with Crippen LogP contribution in [0.5, 0.6) is 5.75 Å². The highest BCUT2D eigenvalue weighted by atomic mass is 35.5. The molecule has 0 aliphatic carbocycles. The summed E-state index contributed by atoms with van der Waals surface area (Å²) in [5, 5.41) is 9.88. The molecule has 148 valence electrons. The molecule has 1 aromatic carbocycles. The molecular weight excluding hydrogens is 409 g/mol. The molecule has 1 aliphatic rings. The lowest BCUT2D eigenvalue weighted by Crippen LogP contribution is -2.31. The van der Waals surface area contributed by atoms with Crippen molar-refractivity contribution in [3.05, 3.63) is 73.1 Å². The average molecular weight is 426 g/mol. The Labute approximate surface area is 170 Å². The Morgan fingerprint density at radius 3 is 2.54 bits per heavy atom. The van der Waals surface area contributed by atoms with Gasteiger partial charge in [-0.1, -0.05) is 29.3 Å². The summed E-state index contributed by atoms with van der Waals surface area (Å²) in [6.07, 6.45) is -0.438. The molecule has 3 rings (SSSR count). The molecule has 0 saturated carbocycles. The zero-order valence-electron chi connectivity index (χ0n) is 15.0. The fraction of sp³-hybridized carbons (Fsp3) is 0.263. The van der Waals surface area contributed by atoms with Gasteiger partial charge in [0.1, 0.15) is 17.9 Å². The van der Waals surface area contributed by atoms with Crippen LogP contribution >= 0.6 is 23.2 Å². The normalized spacial score (nSPS) is 16.0. The maximum Gasteiger partial charge on any atom is 0.340 e. The van der Waals surface area contributed by atoms with E-state index in [1.807, 2.05) is 0 Å². The molecule has 0 amide bonds. The standard InChI is InChI=1S/C19H17Cl2NO6/c1-8(2)26-19(25)15-14(13-10(20)4-3-5-11(13)21)17-16(28-18(15)22)12(24)6-9(7-23)27-17/h3-6,8,14,23H,7,22H2,1-2H3/t14-/m1/s1. The van der Waals surface area contributed by atoms with Crippen molar-refractivity contribution in [2.24, 2.45) is 5.73 Å². The topological polar surface area (TPSA) is 112 Å². The molecule has 0 radical (unpaired) electrons. The molecule has 2 heterocycles. The second-order valence-corrected chi connectivity index (χ2v) is 7.15. The Hall–Kier alpha value is -2.48. The number of benzene rings is 1. The van der Waals surface area contributed by atoms with Crippen LogP contribution in [0, 0.1) is 0 Å². The van der Waals surface area contributed by atoms with Crippen molar-refractivity contribution in [1.82, 2.24) is 0 Å². The highest BCUT2D eigenvalue weighted by Gasteiger charge is 2.41. The Balaban J connectivity index is 2.33. The van der Waals surface area contributed by atoms with E-state index in [2.05, 4.69) is 0 Å². The number of esters is 1. The first kappa shape index (κ1) is 20.3. The molecule has 3 N–H and O–H groups in total. The smallest absolute Gasteiger partial charge is 0.340 e. The molecular formula is C19H17Cl2NO6. The van der Waals surface area contributed by atoms with Gasteiger partial charge in [-0.05, 0) is 26.0 Å². The fourth-order valence-corrected chi connectivity index (χ4v) is 3.53.